The molecule has 0 aliphatic carbocycles. The molecule has 3 N–H and O–H groups in total. The molecule has 1 aliphatic rings. The van der Waals surface area contributed by atoms with Crippen molar-refractivity contribution in [2.75, 3.05) is 44.2 Å². The van der Waals surface area contributed by atoms with E-state index < -0.39 is 6.04 Å². The summed E-state index contributed by atoms with van der Waals surface area (Å²) in [6, 6.07) is 7.21. The zero-order valence-electron chi connectivity index (χ0n) is 12.0. The van der Waals surface area contributed by atoms with Crippen LogP contribution >= 0.6 is 0 Å². The Morgan fingerprint density at radius 1 is 1.25 bits per heavy atom. The number of piperazine rings is 1. The van der Waals surface area contributed by atoms with E-state index in [0.29, 0.717) is 5.56 Å². The fourth-order valence-electron chi connectivity index (χ4n) is 2.47. The number of carbonyl (C=O) groups excluding carboxylic acids is 1. The first kappa shape index (κ1) is 15.0. The van der Waals surface area contributed by atoms with E-state index in [4.69, 9.17) is 10.8 Å². The molecule has 0 amide bonds. The summed E-state index contributed by atoms with van der Waals surface area (Å²) in [7, 11) is 0. The van der Waals surface area contributed by atoms with Crippen molar-refractivity contribution in [2.24, 2.45) is 5.73 Å². The van der Waals surface area contributed by atoms with E-state index in [1.807, 2.05) is 24.3 Å². The standard InChI is InChI=1S/C15H23N3O2/c1-12(16)15(20)13-2-4-14(5-3-13)18-8-6-17(7-9-18)10-11-19/h2-5,12,19H,6-11,16H2,1H3. The minimum atomic E-state index is -0.456. The van der Waals surface area contributed by atoms with E-state index in [9.17, 15) is 4.79 Å². The van der Waals surface area contributed by atoms with Crippen molar-refractivity contribution in [3.8, 4) is 0 Å². The minimum absolute atomic E-state index is 0.0238. The van der Waals surface area contributed by atoms with Gasteiger partial charge in [-0.1, -0.05) is 0 Å². The zero-order chi connectivity index (χ0) is 14.5. The smallest absolute Gasteiger partial charge is 0.179 e. The molecule has 1 heterocycles. The third-order valence-electron chi connectivity index (χ3n) is 3.72. The van der Waals surface area contributed by atoms with E-state index in [1.165, 1.54) is 0 Å². The van der Waals surface area contributed by atoms with Crippen LogP contribution in [0.15, 0.2) is 24.3 Å². The Morgan fingerprint density at radius 3 is 2.35 bits per heavy atom. The molecule has 1 aromatic rings. The molecule has 110 valence electrons. The lowest BCUT2D eigenvalue weighted by Crippen LogP contribution is -2.47. The number of anilines is 1. The summed E-state index contributed by atoms with van der Waals surface area (Å²) in [5, 5.41) is 8.93. The Labute approximate surface area is 120 Å². The molecule has 2 rings (SSSR count). The van der Waals surface area contributed by atoms with Crippen molar-refractivity contribution in [3.05, 3.63) is 29.8 Å². The molecule has 0 saturated carbocycles. The van der Waals surface area contributed by atoms with Crippen LogP contribution in [0, 0.1) is 0 Å². The number of β-amino-alcohol motifs (C(OH)–C–C–N with tert-alkyl or cyclic N) is 1. The maximum absolute atomic E-state index is 11.8. The highest BCUT2D eigenvalue weighted by Gasteiger charge is 2.17. The fraction of sp³-hybridized carbons (Fsp3) is 0.533. The van der Waals surface area contributed by atoms with Crippen LogP contribution in [0.2, 0.25) is 0 Å². The van der Waals surface area contributed by atoms with Crippen LogP contribution in [0.25, 0.3) is 0 Å². The number of nitrogens with zero attached hydrogens (tertiary/aromatic N) is 2. The first-order valence-electron chi connectivity index (χ1n) is 7.10. The molecule has 0 bridgehead atoms. The van der Waals surface area contributed by atoms with Gasteiger partial charge in [-0.3, -0.25) is 9.69 Å². The largest absolute Gasteiger partial charge is 0.395 e. The first-order chi connectivity index (χ1) is 9.61. The third-order valence-corrected chi connectivity index (χ3v) is 3.72. The average Bonchev–Trinajstić information content (AvgIpc) is 2.48. The number of aliphatic hydroxyl groups excluding tert-OH is 1. The fourth-order valence-corrected chi connectivity index (χ4v) is 2.47. The second-order valence-corrected chi connectivity index (χ2v) is 5.25. The van der Waals surface area contributed by atoms with Crippen LogP contribution in [-0.2, 0) is 0 Å². The van der Waals surface area contributed by atoms with Crippen LogP contribution in [0.3, 0.4) is 0 Å². The Morgan fingerprint density at radius 2 is 1.85 bits per heavy atom. The van der Waals surface area contributed by atoms with Gasteiger partial charge in [0.05, 0.1) is 12.6 Å². The lowest BCUT2D eigenvalue weighted by atomic mass is 10.1. The number of hydrogen-bond acceptors (Lipinski definition) is 5. The number of nitrogens with two attached hydrogens (primary N) is 1. The summed E-state index contributed by atoms with van der Waals surface area (Å²) < 4.78 is 0. The van der Waals surface area contributed by atoms with Crippen LogP contribution in [0.5, 0.6) is 0 Å². The Bertz CT molecular complexity index is 437. The minimum Gasteiger partial charge on any atom is -0.395 e. The summed E-state index contributed by atoms with van der Waals surface area (Å²) in [6.45, 7) is 6.48. The SMILES string of the molecule is CC(N)C(=O)c1ccc(N2CCN(CCO)CC2)cc1. The number of hydrogen-bond donors (Lipinski definition) is 2. The molecular weight excluding hydrogens is 254 g/mol. The van der Waals surface area contributed by atoms with E-state index in [-0.39, 0.29) is 12.4 Å². The van der Waals surface area contributed by atoms with Gasteiger partial charge >= 0.3 is 0 Å². The van der Waals surface area contributed by atoms with Crippen LogP contribution in [0.1, 0.15) is 17.3 Å². The summed E-state index contributed by atoms with van der Waals surface area (Å²) in [5.41, 5.74) is 7.41. The van der Waals surface area contributed by atoms with Crippen molar-refractivity contribution in [2.45, 2.75) is 13.0 Å². The summed E-state index contributed by atoms with van der Waals surface area (Å²) in [6.07, 6.45) is 0. The van der Waals surface area contributed by atoms with Gasteiger partial charge < -0.3 is 15.7 Å². The van der Waals surface area contributed by atoms with Gasteiger partial charge in [-0.05, 0) is 31.2 Å². The lowest BCUT2D eigenvalue weighted by molar-refractivity contribution is 0.0968. The highest BCUT2D eigenvalue weighted by Crippen LogP contribution is 2.18. The molecule has 0 radical (unpaired) electrons. The molecule has 1 unspecified atom stereocenters. The quantitative estimate of drug-likeness (QED) is 0.759. The Balaban J connectivity index is 1.96. The highest BCUT2D eigenvalue weighted by atomic mass is 16.3. The highest BCUT2D eigenvalue weighted by molar-refractivity contribution is 5.99. The second-order valence-electron chi connectivity index (χ2n) is 5.25. The van der Waals surface area contributed by atoms with Gasteiger partial charge in [0.2, 0.25) is 0 Å². The van der Waals surface area contributed by atoms with Gasteiger partial charge in [-0.15, -0.1) is 0 Å². The molecule has 1 saturated heterocycles. The molecule has 1 aromatic carbocycles. The molecule has 0 aromatic heterocycles. The molecule has 1 aliphatic heterocycles. The number of Topliss-reactive ketones (excluding diaryl/α,β-unsaturated/α-hetero) is 1. The number of carbonyl (C=O) groups is 1. The Hall–Kier alpha value is -1.43. The van der Waals surface area contributed by atoms with Crippen molar-refractivity contribution in [1.29, 1.82) is 0 Å². The molecule has 20 heavy (non-hydrogen) atoms. The van der Waals surface area contributed by atoms with Crippen molar-refractivity contribution in [3.63, 3.8) is 0 Å². The molecular formula is C15H23N3O2. The van der Waals surface area contributed by atoms with Crippen molar-refractivity contribution >= 4 is 11.5 Å². The molecule has 1 fully saturated rings. The van der Waals surface area contributed by atoms with Gasteiger partial charge in [0.15, 0.2) is 5.78 Å². The summed E-state index contributed by atoms with van der Waals surface area (Å²) in [5.74, 6) is -0.0238. The topological polar surface area (TPSA) is 69.8 Å². The predicted molar refractivity (Wildman–Crippen MR) is 80.2 cm³/mol. The zero-order valence-corrected chi connectivity index (χ0v) is 12.0. The maximum atomic E-state index is 11.8. The molecule has 1 atom stereocenters. The van der Waals surface area contributed by atoms with Gasteiger partial charge in [0.25, 0.3) is 0 Å². The monoisotopic (exact) mass is 277 g/mol. The van der Waals surface area contributed by atoms with Crippen molar-refractivity contribution < 1.29 is 9.90 Å². The number of benzene rings is 1. The lowest BCUT2D eigenvalue weighted by Gasteiger charge is -2.35. The van der Waals surface area contributed by atoms with Gasteiger partial charge in [0, 0.05) is 44.0 Å². The van der Waals surface area contributed by atoms with Gasteiger partial charge in [0.1, 0.15) is 0 Å². The van der Waals surface area contributed by atoms with Crippen LogP contribution in [0.4, 0.5) is 5.69 Å². The maximum Gasteiger partial charge on any atom is 0.179 e. The number of rotatable bonds is 5. The summed E-state index contributed by atoms with van der Waals surface area (Å²) in [4.78, 5) is 16.3. The normalized spacial score (nSPS) is 18.1. The van der Waals surface area contributed by atoms with E-state index >= 15 is 0 Å². The average molecular weight is 277 g/mol. The first-order valence-corrected chi connectivity index (χ1v) is 7.10. The number of aliphatic hydroxyl groups is 1. The van der Waals surface area contributed by atoms with Crippen molar-refractivity contribution in [1.82, 2.24) is 4.90 Å². The van der Waals surface area contributed by atoms with Gasteiger partial charge in [-0.2, -0.15) is 0 Å². The van der Waals surface area contributed by atoms with E-state index in [0.717, 1.165) is 38.4 Å². The molecule has 0 spiro atoms. The van der Waals surface area contributed by atoms with Crippen LogP contribution in [-0.4, -0.2) is 61.2 Å². The number of ketones is 1. The van der Waals surface area contributed by atoms with Crippen LogP contribution < -0.4 is 10.6 Å². The van der Waals surface area contributed by atoms with Gasteiger partial charge in [-0.25, -0.2) is 0 Å². The predicted octanol–water partition coefficient (Wildman–Crippen LogP) is 0.331. The molecule has 5 heteroatoms. The second kappa shape index (κ2) is 6.83. The Kier molecular flexibility index (Phi) is 5.11. The summed E-state index contributed by atoms with van der Waals surface area (Å²) >= 11 is 0. The third kappa shape index (κ3) is 3.56. The van der Waals surface area contributed by atoms with E-state index in [1.54, 1.807) is 6.92 Å². The molecule has 5 nitrogen and oxygen atoms in total. The van der Waals surface area contributed by atoms with E-state index in [2.05, 4.69) is 9.80 Å².